The molecule has 0 unspecified atom stereocenters. The minimum atomic E-state index is -0.461. The molecule has 0 saturated carbocycles. The number of carbonyl (C=O) groups is 1. The monoisotopic (exact) mass is 276 g/mol. The molecule has 0 fully saturated rings. The number of nitrogens with zero attached hydrogens (tertiary/aromatic N) is 2. The zero-order chi connectivity index (χ0) is 14.9. The van der Waals surface area contributed by atoms with Crippen molar-refractivity contribution in [2.24, 2.45) is 7.05 Å². The van der Waals surface area contributed by atoms with Gasteiger partial charge in [-0.25, -0.2) is 4.39 Å². The van der Waals surface area contributed by atoms with E-state index in [1.807, 2.05) is 6.92 Å². The normalized spacial score (nSPS) is 10.7. The van der Waals surface area contributed by atoms with Crippen LogP contribution in [0.25, 0.3) is 0 Å². The van der Waals surface area contributed by atoms with E-state index in [0.717, 1.165) is 5.69 Å². The molecule has 0 radical (unpaired) electrons. The van der Waals surface area contributed by atoms with Crippen LogP contribution in [0.1, 0.15) is 27.3 Å². The molecule has 0 bridgehead atoms. The second-order valence-corrected chi connectivity index (χ2v) is 4.74. The van der Waals surface area contributed by atoms with Crippen LogP contribution < -0.4 is 4.74 Å². The van der Waals surface area contributed by atoms with Gasteiger partial charge in [0.15, 0.2) is 17.3 Å². The maximum Gasteiger partial charge on any atom is 0.170 e. The Morgan fingerprint density at radius 1 is 1.40 bits per heavy atom. The minimum absolute atomic E-state index is 0.0577. The van der Waals surface area contributed by atoms with Gasteiger partial charge in [0.1, 0.15) is 0 Å². The Morgan fingerprint density at radius 3 is 2.60 bits per heavy atom. The Bertz CT molecular complexity index is 662. The average molecular weight is 276 g/mol. The number of rotatable bonds is 4. The quantitative estimate of drug-likeness (QED) is 0.806. The maximum atomic E-state index is 13.6. The molecule has 0 saturated heterocycles. The lowest BCUT2D eigenvalue weighted by molar-refractivity contribution is 0.0991. The highest BCUT2D eigenvalue weighted by molar-refractivity contribution is 5.99. The van der Waals surface area contributed by atoms with Crippen molar-refractivity contribution in [1.29, 1.82) is 0 Å². The van der Waals surface area contributed by atoms with Crippen molar-refractivity contribution in [2.45, 2.75) is 20.3 Å². The van der Waals surface area contributed by atoms with E-state index >= 15 is 0 Å². The molecule has 5 heteroatoms. The Kier molecular flexibility index (Phi) is 3.88. The van der Waals surface area contributed by atoms with Crippen LogP contribution in [0.4, 0.5) is 4.39 Å². The molecule has 0 atom stereocenters. The van der Waals surface area contributed by atoms with Gasteiger partial charge >= 0.3 is 0 Å². The van der Waals surface area contributed by atoms with Gasteiger partial charge in [0.25, 0.3) is 0 Å². The van der Waals surface area contributed by atoms with Gasteiger partial charge in [-0.15, -0.1) is 0 Å². The Labute approximate surface area is 117 Å². The zero-order valence-corrected chi connectivity index (χ0v) is 12.0. The molecule has 2 rings (SSSR count). The third kappa shape index (κ3) is 2.57. The van der Waals surface area contributed by atoms with Crippen molar-refractivity contribution < 1.29 is 13.9 Å². The molecular weight excluding hydrogens is 259 g/mol. The molecule has 0 aliphatic rings. The number of carbonyl (C=O) groups excluding carboxylic acids is 1. The van der Waals surface area contributed by atoms with E-state index in [9.17, 15) is 9.18 Å². The van der Waals surface area contributed by atoms with Gasteiger partial charge in [0.05, 0.1) is 18.4 Å². The maximum absolute atomic E-state index is 13.6. The van der Waals surface area contributed by atoms with E-state index in [1.165, 1.54) is 19.2 Å². The van der Waals surface area contributed by atoms with Crippen LogP contribution in [0.15, 0.2) is 18.2 Å². The summed E-state index contributed by atoms with van der Waals surface area (Å²) in [6.45, 7) is 3.65. The van der Waals surface area contributed by atoms with Gasteiger partial charge in [-0.3, -0.25) is 9.48 Å². The van der Waals surface area contributed by atoms with Crippen LogP contribution in [-0.2, 0) is 13.5 Å². The first-order valence-electron chi connectivity index (χ1n) is 6.30. The number of hydrogen-bond donors (Lipinski definition) is 0. The summed E-state index contributed by atoms with van der Waals surface area (Å²) in [5.74, 6) is -0.343. The summed E-state index contributed by atoms with van der Waals surface area (Å²) < 4.78 is 20.1. The number of ether oxygens (including phenoxy) is 1. The first-order chi connectivity index (χ1) is 9.43. The van der Waals surface area contributed by atoms with Crippen LogP contribution in [-0.4, -0.2) is 22.7 Å². The summed E-state index contributed by atoms with van der Waals surface area (Å²) in [5.41, 5.74) is 2.75. The molecule has 106 valence electrons. The van der Waals surface area contributed by atoms with E-state index in [0.29, 0.717) is 16.8 Å². The van der Waals surface area contributed by atoms with Gasteiger partial charge in [-0.1, -0.05) is 6.07 Å². The summed E-state index contributed by atoms with van der Waals surface area (Å²) >= 11 is 0. The fraction of sp³-hybridized carbons (Fsp3) is 0.333. The fourth-order valence-electron chi connectivity index (χ4n) is 2.27. The number of benzene rings is 1. The average Bonchev–Trinajstić information content (AvgIpc) is 2.63. The predicted octanol–water partition coefficient (Wildman–Crippen LogP) is 2.61. The highest BCUT2D eigenvalue weighted by Crippen LogP contribution is 2.20. The first kappa shape index (κ1) is 14.2. The van der Waals surface area contributed by atoms with Crippen molar-refractivity contribution in [1.82, 2.24) is 9.78 Å². The number of Topliss-reactive ketones (excluding diaryl/α,β-unsaturated/α-hetero) is 1. The number of ketones is 1. The molecular formula is C15H17FN2O2. The second kappa shape index (κ2) is 5.45. The Balaban J connectivity index is 2.26. The van der Waals surface area contributed by atoms with Crippen molar-refractivity contribution in [2.75, 3.05) is 7.11 Å². The second-order valence-electron chi connectivity index (χ2n) is 4.74. The standard InChI is InChI=1S/C15H17FN2O2/c1-9-15(10(2)18(3)17-9)13(19)8-11-5-6-14(20-4)12(16)7-11/h5-7H,8H2,1-4H3. The van der Waals surface area contributed by atoms with Crippen molar-refractivity contribution in [3.8, 4) is 5.75 Å². The molecule has 0 aliphatic carbocycles. The number of aryl methyl sites for hydroxylation is 2. The molecule has 0 amide bonds. The van der Waals surface area contributed by atoms with Crippen molar-refractivity contribution in [3.63, 3.8) is 0 Å². The summed E-state index contributed by atoms with van der Waals surface area (Å²) in [5, 5.41) is 4.22. The van der Waals surface area contributed by atoms with Gasteiger partial charge in [-0.05, 0) is 31.5 Å². The number of methoxy groups -OCH3 is 1. The van der Waals surface area contributed by atoms with Gasteiger partial charge in [0, 0.05) is 19.2 Å². The number of aromatic nitrogens is 2. The fourth-order valence-corrected chi connectivity index (χ4v) is 2.27. The molecule has 2 aromatic rings. The van der Waals surface area contributed by atoms with E-state index in [2.05, 4.69) is 5.10 Å². The number of halogens is 1. The van der Waals surface area contributed by atoms with Crippen LogP contribution in [0.2, 0.25) is 0 Å². The van der Waals surface area contributed by atoms with Crippen LogP contribution in [0.5, 0.6) is 5.75 Å². The lowest BCUT2D eigenvalue weighted by atomic mass is 10.0. The largest absolute Gasteiger partial charge is 0.494 e. The predicted molar refractivity (Wildman–Crippen MR) is 73.7 cm³/mol. The van der Waals surface area contributed by atoms with E-state index < -0.39 is 5.82 Å². The summed E-state index contributed by atoms with van der Waals surface area (Å²) in [4.78, 5) is 12.3. The molecule has 0 N–H and O–H groups in total. The van der Waals surface area contributed by atoms with Crippen LogP contribution in [0.3, 0.4) is 0 Å². The molecule has 1 heterocycles. The molecule has 20 heavy (non-hydrogen) atoms. The highest BCUT2D eigenvalue weighted by atomic mass is 19.1. The third-order valence-electron chi connectivity index (χ3n) is 3.37. The molecule has 0 aliphatic heterocycles. The van der Waals surface area contributed by atoms with Gasteiger partial charge in [0.2, 0.25) is 0 Å². The summed E-state index contributed by atoms with van der Waals surface area (Å²) in [7, 11) is 3.21. The number of hydrogen-bond acceptors (Lipinski definition) is 3. The SMILES string of the molecule is COc1ccc(CC(=O)c2c(C)nn(C)c2C)cc1F. The van der Waals surface area contributed by atoms with Crippen LogP contribution >= 0.6 is 0 Å². The summed E-state index contributed by atoms with van der Waals surface area (Å²) in [6.07, 6.45) is 0.147. The van der Waals surface area contributed by atoms with E-state index in [-0.39, 0.29) is 18.0 Å². The smallest absolute Gasteiger partial charge is 0.170 e. The van der Waals surface area contributed by atoms with Crippen molar-refractivity contribution in [3.05, 3.63) is 46.5 Å². The van der Waals surface area contributed by atoms with E-state index in [4.69, 9.17) is 4.74 Å². The molecule has 0 spiro atoms. The zero-order valence-electron chi connectivity index (χ0n) is 12.0. The van der Waals surface area contributed by atoms with Crippen molar-refractivity contribution >= 4 is 5.78 Å². The molecule has 4 nitrogen and oxygen atoms in total. The van der Waals surface area contributed by atoms with Gasteiger partial charge in [-0.2, -0.15) is 5.10 Å². The Hall–Kier alpha value is -2.17. The lowest BCUT2D eigenvalue weighted by Gasteiger charge is -2.05. The molecule has 1 aromatic carbocycles. The first-order valence-corrected chi connectivity index (χ1v) is 6.30. The molecule has 1 aromatic heterocycles. The summed E-state index contributed by atoms with van der Waals surface area (Å²) in [6, 6.07) is 4.56. The Morgan fingerprint density at radius 2 is 2.10 bits per heavy atom. The van der Waals surface area contributed by atoms with Crippen LogP contribution in [0, 0.1) is 19.7 Å². The highest BCUT2D eigenvalue weighted by Gasteiger charge is 2.18. The minimum Gasteiger partial charge on any atom is -0.494 e. The van der Waals surface area contributed by atoms with Gasteiger partial charge < -0.3 is 4.74 Å². The lowest BCUT2D eigenvalue weighted by Crippen LogP contribution is -2.07. The third-order valence-corrected chi connectivity index (χ3v) is 3.37. The topological polar surface area (TPSA) is 44.1 Å². The van der Waals surface area contributed by atoms with E-state index in [1.54, 1.807) is 24.7 Å².